The largest absolute Gasteiger partial charge is 0.481 e. The van der Waals surface area contributed by atoms with E-state index in [1.165, 1.54) is 37.9 Å². The number of anilines is 5. The first-order valence-corrected chi connectivity index (χ1v) is 45.5. The Kier molecular flexibility index (Phi) is 23.6. The minimum Gasteiger partial charge on any atom is -0.481 e. The molecular formula is C96H82Cl5N21O5S. The molecule has 10 aromatic rings. The molecule has 0 amide bonds. The second-order valence-corrected chi connectivity index (χ2v) is 36.3. The van der Waals surface area contributed by atoms with E-state index >= 15 is 0 Å². The van der Waals surface area contributed by atoms with Crippen LogP contribution in [0.25, 0.3) is 0 Å². The third-order valence-electron chi connectivity index (χ3n) is 23.0. The fourth-order valence-corrected chi connectivity index (χ4v) is 17.4. The van der Waals surface area contributed by atoms with Gasteiger partial charge in [0.25, 0.3) is 0 Å². The first-order valence-electron chi connectivity index (χ1n) is 41.7. The average molecular weight is 1820 g/mol. The van der Waals surface area contributed by atoms with Crippen LogP contribution in [0.1, 0.15) is 146 Å². The molecule has 17 heterocycles. The van der Waals surface area contributed by atoms with Crippen LogP contribution in [0.4, 0.5) is 28.4 Å². The molecule has 13 aliphatic rings. The Morgan fingerprint density at radius 2 is 0.688 bits per heavy atom. The molecule has 5 N–H and O–H groups in total. The topological polar surface area (TPSA) is 323 Å². The van der Waals surface area contributed by atoms with Crippen LogP contribution in [0.2, 0.25) is 25.1 Å². The summed E-state index contributed by atoms with van der Waals surface area (Å²) >= 11 is 32.2. The predicted molar refractivity (Wildman–Crippen MR) is 511 cm³/mol. The van der Waals surface area contributed by atoms with Crippen molar-refractivity contribution in [3.63, 3.8) is 0 Å². The lowest BCUT2D eigenvalue weighted by atomic mass is 10.0. The molecule has 23 rings (SSSR count). The Bertz CT molecular complexity index is 6820. The van der Waals surface area contributed by atoms with Gasteiger partial charge in [0.05, 0.1) is 115 Å². The van der Waals surface area contributed by atoms with Crippen molar-refractivity contribution >= 4 is 154 Å². The van der Waals surface area contributed by atoms with Crippen LogP contribution in [0.5, 0.6) is 11.8 Å². The van der Waals surface area contributed by atoms with Gasteiger partial charge in [-0.25, -0.2) is 48.3 Å². The Morgan fingerprint density at radius 3 is 1.02 bits per heavy atom. The van der Waals surface area contributed by atoms with E-state index in [9.17, 15) is 8.42 Å². The van der Waals surface area contributed by atoms with Crippen molar-refractivity contribution in [3.8, 4) is 11.8 Å². The van der Waals surface area contributed by atoms with Crippen LogP contribution >= 0.6 is 58.0 Å². The molecule has 1 atom stereocenters. The van der Waals surface area contributed by atoms with Crippen molar-refractivity contribution in [1.29, 1.82) is 0 Å². The Hall–Kier alpha value is -12.9. The summed E-state index contributed by atoms with van der Waals surface area (Å²) in [6.45, 7) is 14.7. The summed E-state index contributed by atoms with van der Waals surface area (Å²) in [7, 11) is -1.85. The number of aromatic nitrogens is 6. The second-order valence-electron chi connectivity index (χ2n) is 32.3. The number of nitrogens with zero attached hydrogens (tertiary/aromatic N) is 16. The van der Waals surface area contributed by atoms with Crippen molar-refractivity contribution < 1.29 is 22.6 Å². The zero-order valence-corrected chi connectivity index (χ0v) is 75.1. The van der Waals surface area contributed by atoms with Crippen molar-refractivity contribution in [2.75, 3.05) is 85.9 Å². The predicted octanol–water partition coefficient (Wildman–Crippen LogP) is 19.1. The molecule has 1 saturated heterocycles. The number of benzene rings is 4. The Balaban J connectivity index is 0.000000104. The smallest absolute Gasteiger partial charge is 0.215 e. The van der Waals surface area contributed by atoms with Crippen LogP contribution in [0, 0.1) is 0 Å². The first kappa shape index (κ1) is 84.6. The number of halogens is 5. The van der Waals surface area contributed by atoms with Gasteiger partial charge < -0.3 is 40.8 Å². The fourth-order valence-electron chi connectivity index (χ4n) is 15.8. The van der Waals surface area contributed by atoms with Gasteiger partial charge in [-0.1, -0.05) is 131 Å². The monoisotopic (exact) mass is 1820 g/mol. The van der Waals surface area contributed by atoms with Gasteiger partial charge in [-0.2, -0.15) is 0 Å². The third kappa shape index (κ3) is 17.5. The number of amidine groups is 5. The highest BCUT2D eigenvalue weighted by Gasteiger charge is 2.36. The number of hydrogen-bond donors (Lipinski definition) is 5. The molecule has 0 radical (unpaired) electrons. The van der Waals surface area contributed by atoms with Gasteiger partial charge in [0.1, 0.15) is 34.6 Å². The number of nitrogens with one attached hydrogen (secondary N) is 5. The zero-order chi connectivity index (χ0) is 88.2. The number of ether oxygens (including phenoxy) is 3. The summed E-state index contributed by atoms with van der Waals surface area (Å²) in [5.74, 6) is 6.09. The molecule has 1 unspecified atom stereocenters. The Morgan fingerprint density at radius 1 is 0.367 bits per heavy atom. The molecule has 3 fully saturated rings. The van der Waals surface area contributed by atoms with E-state index in [2.05, 4.69) is 102 Å². The lowest BCUT2D eigenvalue weighted by Crippen LogP contribution is -2.17. The van der Waals surface area contributed by atoms with Crippen LogP contribution in [-0.4, -0.2) is 161 Å². The van der Waals surface area contributed by atoms with Crippen LogP contribution in [-0.2, 0) is 14.6 Å². The number of sulfone groups is 1. The quantitative estimate of drug-likeness (QED) is 0.0803. The molecular weight excluding hydrogens is 1740 g/mol. The number of methoxy groups -OCH3 is 1. The Labute approximate surface area is 763 Å². The fraction of sp³-hybridized carbons (Fsp3) is 0.229. The van der Waals surface area contributed by atoms with Gasteiger partial charge in [-0.3, -0.25) is 39.9 Å². The maximum atomic E-state index is 11.9. The molecule has 0 spiro atoms. The van der Waals surface area contributed by atoms with Gasteiger partial charge in [-0.05, 0) is 137 Å². The highest BCUT2D eigenvalue weighted by molar-refractivity contribution is 7.90. The number of aliphatic imine (C=N–C) groups is 10. The minimum absolute atomic E-state index is 0.00925. The van der Waals surface area contributed by atoms with E-state index in [0.29, 0.717) is 111 Å². The number of rotatable bonds is 11. The van der Waals surface area contributed by atoms with E-state index in [1.807, 2.05) is 142 Å². The van der Waals surface area contributed by atoms with E-state index in [4.69, 9.17) is 102 Å². The number of fused-ring (bicyclic) bond motifs is 10. The highest BCUT2D eigenvalue weighted by atomic mass is 35.5. The van der Waals surface area contributed by atoms with E-state index < -0.39 is 9.84 Å². The van der Waals surface area contributed by atoms with Crippen molar-refractivity contribution in [2.24, 2.45) is 49.9 Å². The molecule has 6 aromatic heterocycles. The summed E-state index contributed by atoms with van der Waals surface area (Å²) in [5.41, 5.74) is 28.8. The molecule has 4 aromatic carbocycles. The summed E-state index contributed by atoms with van der Waals surface area (Å²) in [5, 5.41) is 20.1. The maximum absolute atomic E-state index is 11.9. The zero-order valence-electron chi connectivity index (χ0n) is 70.5. The molecule has 2 saturated carbocycles. The van der Waals surface area contributed by atoms with Crippen molar-refractivity contribution in [2.45, 2.75) is 89.7 Å². The maximum Gasteiger partial charge on any atom is 0.215 e. The average Bonchev–Trinajstić information content (AvgIpc) is 1.81. The van der Waals surface area contributed by atoms with Gasteiger partial charge in [0, 0.05) is 167 Å². The molecule has 32 heteroatoms. The molecule has 642 valence electrons. The van der Waals surface area contributed by atoms with Crippen molar-refractivity contribution in [1.82, 2.24) is 29.9 Å². The number of hydrogen-bond acceptors (Lipinski definition) is 26. The van der Waals surface area contributed by atoms with Gasteiger partial charge in [0.15, 0.2) is 44.0 Å². The molecule has 0 bridgehead atoms. The standard InChI is InChI=1S/C21H19ClN4O2.C20H17ClN4.C19H16ClN5.C18H15ClN4O2S.C18H15ClN4O/c1-12-9-24-21-19(12)26-20(14-4-2-3-5-16(14)22)15-10-23-18(8-17(15)25-21)28-13-6-7-27-11-13;1-11-9-23-20-18(11)25-19(13-4-2-3-5-15(13)21)14-10-22-16(12-6-7-12)8-17(14)24-20;1-10-7-23-19-17(10)25-18(12-4-5-21-9-14(12)20)13-8-22-15(11-2-3-11)6-16(13)24-19;1-10-8-21-18-16(10)23-17(11-5-3-4-6-13(11)19)12-9-20-15(26(2,24)25)7-14(12)22-18;1-10-8-21-18-16(10)23-17(11-5-3-4-6-13(11)19)12-9-20-15(24-2)7-14(12)22-18/h2-5,8,10,13H,6-7,9,11H2,1H3,(H,24,25);2-5,8,10,12H,6-7,9H2,1H3,(H,23,24);4-6,8-9,11H,2-3,7H2,1H3,(H,23,24);3-7,9H,8H2,1-2H3,(H,21,22);3-7,9H,8H2,1-2H3,(H,21,22). The van der Waals surface area contributed by atoms with Gasteiger partial charge in [0.2, 0.25) is 11.8 Å². The van der Waals surface area contributed by atoms with E-state index in [-0.39, 0.29) is 11.1 Å². The second kappa shape index (κ2) is 35.8. The SMILES string of the molecule is CC1=C2N=C(c3ccccc3Cl)c3cnc(C4CC4)cc3NC2=NC1.CC1=C2N=C(c3ccccc3Cl)c3cnc(OC4CCOC4)cc3NC2=NC1.CC1=C2N=C(c3ccccc3Cl)c3cnc(S(C)(=O)=O)cc3NC2=NC1.CC1=C2N=C(c3ccncc3Cl)c3cnc(C4CC4)cc3NC2=NC1.COc1cc2c(cn1)C(c1ccccc1Cl)=NC1=C(C)CN=C1N2. The molecule has 11 aliphatic heterocycles. The summed E-state index contributed by atoms with van der Waals surface area (Å²) in [6.07, 6.45) is 19.2. The summed E-state index contributed by atoms with van der Waals surface area (Å²) in [4.78, 5) is 73.7. The molecule has 2 aliphatic carbocycles. The van der Waals surface area contributed by atoms with E-state index in [0.717, 1.165) is 206 Å². The minimum atomic E-state index is -3.44. The third-order valence-corrected chi connectivity index (χ3v) is 25.6. The highest BCUT2D eigenvalue weighted by Crippen LogP contribution is 2.45. The van der Waals surface area contributed by atoms with Gasteiger partial charge in [-0.15, -0.1) is 0 Å². The van der Waals surface area contributed by atoms with Crippen LogP contribution < -0.4 is 36.1 Å². The summed E-state index contributed by atoms with van der Waals surface area (Å²) < 4.78 is 40.4. The molecule has 128 heavy (non-hydrogen) atoms. The van der Waals surface area contributed by atoms with E-state index in [1.54, 1.807) is 38.0 Å². The van der Waals surface area contributed by atoms with Crippen LogP contribution in [0.3, 0.4) is 0 Å². The summed E-state index contributed by atoms with van der Waals surface area (Å²) in [6, 6.07) is 42.0. The lowest BCUT2D eigenvalue weighted by Gasteiger charge is -2.15. The van der Waals surface area contributed by atoms with Crippen molar-refractivity contribution in [3.05, 3.63) is 325 Å². The van der Waals surface area contributed by atoms with Gasteiger partial charge >= 0.3 is 0 Å². The normalized spacial score (nSPS) is 18.1. The van der Waals surface area contributed by atoms with Crippen LogP contribution in [0.15, 0.2) is 288 Å². The first-order chi connectivity index (χ1) is 62.1. The molecule has 26 nitrogen and oxygen atoms in total. The lowest BCUT2D eigenvalue weighted by molar-refractivity contribution is 0.138. The number of pyridine rings is 6.